The van der Waals surface area contributed by atoms with Crippen LogP contribution in [0.2, 0.25) is 0 Å². The van der Waals surface area contributed by atoms with E-state index >= 15 is 0 Å². The minimum absolute atomic E-state index is 0.0576. The maximum atomic E-state index is 13.1. The Morgan fingerprint density at radius 1 is 1.65 bits per heavy atom. The molecule has 0 saturated carbocycles. The number of hydrogen-bond donors (Lipinski definition) is 2. The third kappa shape index (κ3) is 3.67. The number of nitrogens with two attached hydrogens (primary N) is 1. The molecule has 1 atom stereocenters. The van der Waals surface area contributed by atoms with Gasteiger partial charge in [-0.25, -0.2) is 4.39 Å². The Morgan fingerprint density at radius 3 is 2.88 bits per heavy atom. The SMILES string of the molecule is COCC(C)NC(=O)c1cc(N)c(F)cc1Br. The molecular weight excluding hydrogens is 291 g/mol. The van der Waals surface area contributed by atoms with Crippen molar-refractivity contribution in [2.45, 2.75) is 13.0 Å². The summed E-state index contributed by atoms with van der Waals surface area (Å²) in [7, 11) is 1.55. The Labute approximate surface area is 107 Å². The molecule has 94 valence electrons. The smallest absolute Gasteiger partial charge is 0.252 e. The first kappa shape index (κ1) is 13.9. The predicted molar refractivity (Wildman–Crippen MR) is 67.3 cm³/mol. The Bertz CT molecular complexity index is 426. The minimum atomic E-state index is -0.557. The van der Waals surface area contributed by atoms with Crippen LogP contribution in [0.3, 0.4) is 0 Å². The Balaban J connectivity index is 2.86. The molecule has 3 N–H and O–H groups in total. The van der Waals surface area contributed by atoms with Crippen molar-refractivity contribution >= 4 is 27.5 Å². The number of benzene rings is 1. The lowest BCUT2D eigenvalue weighted by atomic mass is 10.1. The van der Waals surface area contributed by atoms with Crippen LogP contribution < -0.4 is 11.1 Å². The molecule has 0 spiro atoms. The Kier molecular flexibility index (Phi) is 4.89. The van der Waals surface area contributed by atoms with E-state index in [0.717, 1.165) is 0 Å². The zero-order valence-electron chi connectivity index (χ0n) is 9.59. The van der Waals surface area contributed by atoms with Gasteiger partial charge in [0, 0.05) is 17.6 Å². The van der Waals surface area contributed by atoms with Gasteiger partial charge >= 0.3 is 0 Å². The summed E-state index contributed by atoms with van der Waals surface area (Å²) in [5.41, 5.74) is 5.66. The van der Waals surface area contributed by atoms with Gasteiger partial charge in [-0.3, -0.25) is 4.79 Å². The third-order valence-electron chi connectivity index (χ3n) is 2.13. The van der Waals surface area contributed by atoms with Crippen LogP contribution in [-0.2, 0) is 4.74 Å². The van der Waals surface area contributed by atoms with Crippen molar-refractivity contribution in [1.29, 1.82) is 0 Å². The number of amides is 1. The number of carbonyl (C=O) groups is 1. The molecule has 0 heterocycles. The summed E-state index contributed by atoms with van der Waals surface area (Å²) >= 11 is 3.12. The molecular formula is C11H14BrFN2O2. The van der Waals surface area contributed by atoms with Crippen molar-refractivity contribution in [1.82, 2.24) is 5.32 Å². The Hall–Kier alpha value is -1.14. The monoisotopic (exact) mass is 304 g/mol. The van der Waals surface area contributed by atoms with Gasteiger partial charge in [-0.15, -0.1) is 0 Å². The fourth-order valence-electron chi connectivity index (χ4n) is 1.33. The van der Waals surface area contributed by atoms with E-state index in [2.05, 4.69) is 21.2 Å². The normalized spacial score (nSPS) is 12.2. The van der Waals surface area contributed by atoms with E-state index in [0.29, 0.717) is 16.6 Å². The number of hydrogen-bond acceptors (Lipinski definition) is 3. The van der Waals surface area contributed by atoms with Gasteiger partial charge in [-0.1, -0.05) is 0 Å². The van der Waals surface area contributed by atoms with Crippen LogP contribution in [0, 0.1) is 5.82 Å². The van der Waals surface area contributed by atoms with Crippen molar-refractivity contribution in [3.05, 3.63) is 28.0 Å². The second-order valence-electron chi connectivity index (χ2n) is 3.68. The summed E-state index contributed by atoms with van der Waals surface area (Å²) < 4.78 is 18.4. The lowest BCUT2D eigenvalue weighted by Gasteiger charge is -2.14. The molecule has 1 aromatic carbocycles. The van der Waals surface area contributed by atoms with Gasteiger partial charge in [0.25, 0.3) is 5.91 Å². The molecule has 1 amide bonds. The highest BCUT2D eigenvalue weighted by molar-refractivity contribution is 9.10. The molecule has 1 aromatic rings. The summed E-state index contributed by atoms with van der Waals surface area (Å²) in [5.74, 6) is -0.883. The van der Waals surface area contributed by atoms with Gasteiger partial charge in [-0.05, 0) is 35.0 Å². The zero-order valence-corrected chi connectivity index (χ0v) is 11.2. The van der Waals surface area contributed by atoms with Crippen molar-refractivity contribution in [2.24, 2.45) is 0 Å². The minimum Gasteiger partial charge on any atom is -0.396 e. The van der Waals surface area contributed by atoms with E-state index in [1.807, 2.05) is 6.92 Å². The topological polar surface area (TPSA) is 64.3 Å². The molecule has 0 fully saturated rings. The van der Waals surface area contributed by atoms with Gasteiger partial charge in [0.05, 0.1) is 17.9 Å². The van der Waals surface area contributed by atoms with E-state index in [-0.39, 0.29) is 17.6 Å². The number of nitrogens with one attached hydrogen (secondary N) is 1. The van der Waals surface area contributed by atoms with E-state index in [1.54, 1.807) is 7.11 Å². The molecule has 0 aliphatic carbocycles. The molecule has 0 aliphatic heterocycles. The molecule has 4 nitrogen and oxygen atoms in total. The molecule has 0 radical (unpaired) electrons. The van der Waals surface area contributed by atoms with Gasteiger partial charge in [0.15, 0.2) is 0 Å². The number of anilines is 1. The number of methoxy groups -OCH3 is 1. The molecule has 1 unspecified atom stereocenters. The van der Waals surface area contributed by atoms with Crippen LogP contribution in [0.4, 0.5) is 10.1 Å². The van der Waals surface area contributed by atoms with Gasteiger partial charge < -0.3 is 15.8 Å². The highest BCUT2D eigenvalue weighted by Crippen LogP contribution is 2.22. The van der Waals surface area contributed by atoms with Gasteiger partial charge in [0.1, 0.15) is 5.82 Å². The summed E-state index contributed by atoms with van der Waals surface area (Å²) in [5, 5.41) is 2.71. The van der Waals surface area contributed by atoms with Gasteiger partial charge in [0.2, 0.25) is 0 Å². The maximum absolute atomic E-state index is 13.1. The molecule has 0 aromatic heterocycles. The summed E-state index contributed by atoms with van der Waals surface area (Å²) in [6.45, 7) is 2.21. The van der Waals surface area contributed by atoms with E-state index < -0.39 is 5.82 Å². The fraction of sp³-hybridized carbons (Fsp3) is 0.364. The van der Waals surface area contributed by atoms with Crippen LogP contribution in [0.25, 0.3) is 0 Å². The second-order valence-corrected chi connectivity index (χ2v) is 4.54. The third-order valence-corrected chi connectivity index (χ3v) is 2.78. The van der Waals surface area contributed by atoms with Crippen LogP contribution in [0.1, 0.15) is 17.3 Å². The van der Waals surface area contributed by atoms with Crippen molar-refractivity contribution in [3.8, 4) is 0 Å². The van der Waals surface area contributed by atoms with Crippen LogP contribution >= 0.6 is 15.9 Å². The van der Waals surface area contributed by atoms with Crippen molar-refractivity contribution < 1.29 is 13.9 Å². The van der Waals surface area contributed by atoms with Crippen molar-refractivity contribution in [3.63, 3.8) is 0 Å². The number of rotatable bonds is 4. The highest BCUT2D eigenvalue weighted by atomic mass is 79.9. The van der Waals surface area contributed by atoms with Crippen LogP contribution in [0.5, 0.6) is 0 Å². The summed E-state index contributed by atoms with van der Waals surface area (Å²) in [6, 6.07) is 2.34. The highest BCUT2D eigenvalue weighted by Gasteiger charge is 2.15. The average molecular weight is 305 g/mol. The first-order valence-corrected chi connectivity index (χ1v) is 5.79. The molecule has 17 heavy (non-hydrogen) atoms. The maximum Gasteiger partial charge on any atom is 0.252 e. The average Bonchev–Trinajstić information content (AvgIpc) is 2.23. The quantitative estimate of drug-likeness (QED) is 0.836. The summed E-state index contributed by atoms with van der Waals surface area (Å²) in [4.78, 5) is 11.8. The molecule has 0 aliphatic rings. The Morgan fingerprint density at radius 2 is 2.29 bits per heavy atom. The first-order valence-electron chi connectivity index (χ1n) is 5.00. The van der Waals surface area contributed by atoms with Crippen LogP contribution in [-0.4, -0.2) is 25.7 Å². The summed E-state index contributed by atoms with van der Waals surface area (Å²) in [6.07, 6.45) is 0. The van der Waals surface area contributed by atoms with Crippen LogP contribution in [0.15, 0.2) is 16.6 Å². The number of halogens is 2. The predicted octanol–water partition coefficient (Wildman–Crippen LogP) is 1.94. The molecule has 0 bridgehead atoms. The molecule has 1 rings (SSSR count). The second kappa shape index (κ2) is 5.97. The van der Waals surface area contributed by atoms with Gasteiger partial charge in [-0.2, -0.15) is 0 Å². The fourth-order valence-corrected chi connectivity index (χ4v) is 1.83. The van der Waals surface area contributed by atoms with E-state index in [9.17, 15) is 9.18 Å². The lowest BCUT2D eigenvalue weighted by Crippen LogP contribution is -2.35. The molecule has 0 saturated heterocycles. The number of nitrogen functional groups attached to an aromatic ring is 1. The zero-order chi connectivity index (χ0) is 13.0. The lowest BCUT2D eigenvalue weighted by molar-refractivity contribution is 0.0905. The van der Waals surface area contributed by atoms with E-state index in [4.69, 9.17) is 10.5 Å². The number of ether oxygens (including phenoxy) is 1. The van der Waals surface area contributed by atoms with Crippen molar-refractivity contribution in [2.75, 3.05) is 19.5 Å². The van der Waals surface area contributed by atoms with E-state index in [1.165, 1.54) is 12.1 Å². The number of carbonyl (C=O) groups excluding carboxylic acids is 1. The molecule has 6 heteroatoms. The standard InChI is InChI=1S/C11H14BrFN2O2/c1-6(5-17-2)15-11(16)7-3-10(14)9(13)4-8(7)12/h3-4,6H,5,14H2,1-2H3,(H,15,16). The first-order chi connectivity index (χ1) is 7.95. The largest absolute Gasteiger partial charge is 0.396 e.